The number of ether oxygens (including phenoxy) is 2. The highest BCUT2D eigenvalue weighted by atomic mass is 16.5. The van der Waals surface area contributed by atoms with Gasteiger partial charge in [-0.1, -0.05) is 18.2 Å². The quantitative estimate of drug-likeness (QED) is 0.767. The molecule has 2 aromatic rings. The van der Waals surface area contributed by atoms with Gasteiger partial charge >= 0.3 is 0 Å². The van der Waals surface area contributed by atoms with Crippen LogP contribution in [0.15, 0.2) is 42.5 Å². The minimum atomic E-state index is 0.543. The Labute approximate surface area is 112 Å². The van der Waals surface area contributed by atoms with E-state index >= 15 is 0 Å². The van der Waals surface area contributed by atoms with Gasteiger partial charge in [0.05, 0.1) is 19.3 Å². The zero-order valence-electron chi connectivity index (χ0n) is 11.1. The number of methoxy groups -OCH3 is 1. The van der Waals surface area contributed by atoms with Crippen LogP contribution in [0.5, 0.6) is 11.5 Å². The molecule has 0 unspecified atom stereocenters. The van der Waals surface area contributed by atoms with Gasteiger partial charge < -0.3 is 9.47 Å². The van der Waals surface area contributed by atoms with Crippen molar-refractivity contribution in [3.05, 3.63) is 48.0 Å². The van der Waals surface area contributed by atoms with Crippen molar-refractivity contribution in [1.82, 2.24) is 0 Å². The Morgan fingerprint density at radius 2 is 1.89 bits per heavy atom. The SMILES string of the molecule is CCOc1cccc(-c2ccc(OC)c(C=O)c2)c1. The minimum absolute atomic E-state index is 0.543. The van der Waals surface area contributed by atoms with E-state index in [1.54, 1.807) is 13.2 Å². The molecule has 19 heavy (non-hydrogen) atoms. The van der Waals surface area contributed by atoms with Crippen molar-refractivity contribution >= 4 is 6.29 Å². The van der Waals surface area contributed by atoms with Crippen LogP contribution in [0.25, 0.3) is 11.1 Å². The lowest BCUT2D eigenvalue weighted by Crippen LogP contribution is -1.93. The minimum Gasteiger partial charge on any atom is -0.496 e. The molecule has 0 radical (unpaired) electrons. The van der Waals surface area contributed by atoms with Crippen LogP contribution in [0.2, 0.25) is 0 Å². The molecule has 3 heteroatoms. The Balaban J connectivity index is 2.41. The number of hydrogen-bond acceptors (Lipinski definition) is 3. The van der Waals surface area contributed by atoms with Crippen LogP contribution in [0.4, 0.5) is 0 Å². The van der Waals surface area contributed by atoms with Crippen molar-refractivity contribution in [3.8, 4) is 22.6 Å². The topological polar surface area (TPSA) is 35.5 Å². The molecule has 0 N–H and O–H groups in total. The lowest BCUT2D eigenvalue weighted by atomic mass is 10.0. The van der Waals surface area contributed by atoms with Crippen LogP contribution < -0.4 is 9.47 Å². The number of carbonyl (C=O) groups excluding carboxylic acids is 1. The van der Waals surface area contributed by atoms with E-state index in [1.807, 2.05) is 43.3 Å². The average Bonchev–Trinajstić information content (AvgIpc) is 2.47. The van der Waals surface area contributed by atoms with Gasteiger partial charge in [-0.05, 0) is 42.3 Å². The molecular weight excluding hydrogens is 240 g/mol. The van der Waals surface area contributed by atoms with Crippen LogP contribution >= 0.6 is 0 Å². The Morgan fingerprint density at radius 1 is 1.11 bits per heavy atom. The van der Waals surface area contributed by atoms with E-state index in [2.05, 4.69) is 0 Å². The number of hydrogen-bond donors (Lipinski definition) is 0. The maximum Gasteiger partial charge on any atom is 0.153 e. The summed E-state index contributed by atoms with van der Waals surface area (Å²) in [5, 5.41) is 0. The molecule has 0 aliphatic rings. The first-order valence-corrected chi connectivity index (χ1v) is 6.15. The molecule has 0 saturated heterocycles. The lowest BCUT2D eigenvalue weighted by molar-refractivity contribution is 0.112. The molecule has 0 amide bonds. The predicted octanol–water partition coefficient (Wildman–Crippen LogP) is 3.57. The normalized spacial score (nSPS) is 10.0. The summed E-state index contributed by atoms with van der Waals surface area (Å²) in [6.45, 7) is 2.58. The van der Waals surface area contributed by atoms with Crippen molar-refractivity contribution in [1.29, 1.82) is 0 Å². The third kappa shape index (κ3) is 2.94. The van der Waals surface area contributed by atoms with Crippen LogP contribution in [-0.4, -0.2) is 20.0 Å². The van der Waals surface area contributed by atoms with Gasteiger partial charge in [0.25, 0.3) is 0 Å². The molecule has 0 fully saturated rings. The summed E-state index contributed by atoms with van der Waals surface area (Å²) in [6.07, 6.45) is 0.800. The van der Waals surface area contributed by atoms with Crippen molar-refractivity contribution in [2.24, 2.45) is 0 Å². The molecule has 0 aromatic heterocycles. The Bertz CT molecular complexity index is 576. The van der Waals surface area contributed by atoms with E-state index in [1.165, 1.54) is 0 Å². The van der Waals surface area contributed by atoms with E-state index in [9.17, 15) is 4.79 Å². The summed E-state index contributed by atoms with van der Waals surface area (Å²) >= 11 is 0. The molecule has 0 aliphatic heterocycles. The zero-order valence-corrected chi connectivity index (χ0v) is 11.1. The van der Waals surface area contributed by atoms with E-state index in [0.717, 1.165) is 23.2 Å². The third-order valence-electron chi connectivity index (χ3n) is 2.84. The van der Waals surface area contributed by atoms with Crippen LogP contribution in [0.1, 0.15) is 17.3 Å². The molecule has 0 heterocycles. The fourth-order valence-electron chi connectivity index (χ4n) is 1.94. The second-order valence-corrected chi connectivity index (χ2v) is 4.04. The molecule has 2 rings (SSSR count). The molecule has 0 spiro atoms. The molecule has 3 nitrogen and oxygen atoms in total. The van der Waals surface area contributed by atoms with Gasteiger partial charge in [-0.25, -0.2) is 0 Å². The number of carbonyl (C=O) groups is 1. The molecular formula is C16H16O3. The van der Waals surface area contributed by atoms with Gasteiger partial charge in [0.2, 0.25) is 0 Å². The van der Waals surface area contributed by atoms with Gasteiger partial charge in [0.15, 0.2) is 6.29 Å². The second-order valence-electron chi connectivity index (χ2n) is 4.04. The van der Waals surface area contributed by atoms with Gasteiger partial charge in [-0.3, -0.25) is 4.79 Å². The summed E-state index contributed by atoms with van der Waals surface area (Å²) < 4.78 is 10.6. The largest absolute Gasteiger partial charge is 0.496 e. The van der Waals surface area contributed by atoms with E-state index < -0.39 is 0 Å². The van der Waals surface area contributed by atoms with Gasteiger partial charge in [0.1, 0.15) is 11.5 Å². The third-order valence-corrected chi connectivity index (χ3v) is 2.84. The molecule has 0 bridgehead atoms. The monoisotopic (exact) mass is 256 g/mol. The number of rotatable bonds is 5. The smallest absolute Gasteiger partial charge is 0.153 e. The fraction of sp³-hybridized carbons (Fsp3) is 0.188. The highest BCUT2D eigenvalue weighted by Crippen LogP contribution is 2.28. The van der Waals surface area contributed by atoms with Crippen LogP contribution in [-0.2, 0) is 0 Å². The zero-order chi connectivity index (χ0) is 13.7. The van der Waals surface area contributed by atoms with Gasteiger partial charge in [0, 0.05) is 0 Å². The highest BCUT2D eigenvalue weighted by molar-refractivity contribution is 5.83. The molecule has 98 valence electrons. The van der Waals surface area contributed by atoms with Crippen molar-refractivity contribution in [2.45, 2.75) is 6.92 Å². The van der Waals surface area contributed by atoms with E-state index in [4.69, 9.17) is 9.47 Å². The fourth-order valence-corrected chi connectivity index (χ4v) is 1.94. The van der Waals surface area contributed by atoms with Crippen molar-refractivity contribution < 1.29 is 14.3 Å². The number of aldehydes is 1. The molecule has 0 atom stereocenters. The van der Waals surface area contributed by atoms with E-state index in [0.29, 0.717) is 17.9 Å². The molecule has 2 aromatic carbocycles. The maximum absolute atomic E-state index is 11.0. The van der Waals surface area contributed by atoms with Crippen molar-refractivity contribution in [3.63, 3.8) is 0 Å². The average molecular weight is 256 g/mol. The van der Waals surface area contributed by atoms with E-state index in [-0.39, 0.29) is 0 Å². The number of benzene rings is 2. The summed E-state index contributed by atoms with van der Waals surface area (Å²) in [5.41, 5.74) is 2.52. The Kier molecular flexibility index (Phi) is 4.18. The maximum atomic E-state index is 11.0. The van der Waals surface area contributed by atoms with Gasteiger partial charge in [-0.2, -0.15) is 0 Å². The Hall–Kier alpha value is -2.29. The summed E-state index contributed by atoms with van der Waals surface area (Å²) in [7, 11) is 1.55. The summed E-state index contributed by atoms with van der Waals surface area (Å²) in [4.78, 5) is 11.0. The first-order chi connectivity index (χ1) is 9.28. The first kappa shape index (κ1) is 13.1. The summed E-state index contributed by atoms with van der Waals surface area (Å²) in [6, 6.07) is 13.3. The molecule has 0 aliphatic carbocycles. The highest BCUT2D eigenvalue weighted by Gasteiger charge is 2.06. The second kappa shape index (κ2) is 6.05. The van der Waals surface area contributed by atoms with Gasteiger partial charge in [-0.15, -0.1) is 0 Å². The molecule has 0 saturated carbocycles. The summed E-state index contributed by atoms with van der Waals surface area (Å²) in [5.74, 6) is 1.41. The first-order valence-electron chi connectivity index (χ1n) is 6.15. The lowest BCUT2D eigenvalue weighted by Gasteiger charge is -2.09. The van der Waals surface area contributed by atoms with Crippen LogP contribution in [0.3, 0.4) is 0 Å². The standard InChI is InChI=1S/C16H16O3/c1-3-19-15-6-4-5-12(10-15)13-7-8-16(18-2)14(9-13)11-17/h4-11H,3H2,1-2H3. The van der Waals surface area contributed by atoms with Crippen molar-refractivity contribution in [2.75, 3.05) is 13.7 Å². The Morgan fingerprint density at radius 3 is 2.58 bits per heavy atom. The predicted molar refractivity (Wildman–Crippen MR) is 75.0 cm³/mol. The van der Waals surface area contributed by atoms with Crippen LogP contribution in [0, 0.1) is 0 Å².